The van der Waals surface area contributed by atoms with E-state index >= 15 is 0 Å². The lowest BCUT2D eigenvalue weighted by Gasteiger charge is -2.30. The Morgan fingerprint density at radius 3 is 2.51 bits per heavy atom. The van der Waals surface area contributed by atoms with Crippen molar-refractivity contribution < 1.29 is 23.8 Å². The highest BCUT2D eigenvalue weighted by atomic mass is 35.5. The number of benzene rings is 3. The van der Waals surface area contributed by atoms with Crippen LogP contribution in [-0.4, -0.2) is 49.5 Å². The third-order valence-electron chi connectivity index (χ3n) is 7.27. The van der Waals surface area contributed by atoms with Gasteiger partial charge < -0.3 is 29.7 Å². The number of allylic oxidation sites excluding steroid dienone is 1. The molecule has 1 aliphatic rings. The van der Waals surface area contributed by atoms with Gasteiger partial charge in [0.25, 0.3) is 5.91 Å². The fourth-order valence-corrected chi connectivity index (χ4v) is 5.67. The smallest absolute Gasteiger partial charge is 0.338 e. The van der Waals surface area contributed by atoms with Gasteiger partial charge in [-0.25, -0.2) is 10.2 Å². The number of carbonyl (C=O) groups is 2. The predicted molar refractivity (Wildman–Crippen MR) is 189 cm³/mol. The predicted octanol–water partition coefficient (Wildman–Crippen LogP) is 6.30. The summed E-state index contributed by atoms with van der Waals surface area (Å²) < 4.78 is 17.3. The number of thiocarbonyl (C=S) groups is 1. The lowest BCUT2D eigenvalue weighted by molar-refractivity contribution is -0.139. The Morgan fingerprint density at radius 1 is 1.02 bits per heavy atom. The van der Waals surface area contributed by atoms with E-state index in [1.807, 2.05) is 30.3 Å². The van der Waals surface area contributed by atoms with Crippen LogP contribution in [0, 0.1) is 0 Å². The topological polar surface area (TPSA) is 114 Å². The van der Waals surface area contributed by atoms with Gasteiger partial charge in [-0.05, 0) is 70.2 Å². The highest BCUT2D eigenvalue weighted by Crippen LogP contribution is 2.34. The van der Waals surface area contributed by atoms with Crippen molar-refractivity contribution in [3.8, 4) is 11.5 Å². The number of esters is 1. The van der Waals surface area contributed by atoms with Crippen molar-refractivity contribution in [2.24, 2.45) is 5.10 Å². The fraction of sp³-hybridized carbons (Fsp3) is 0.294. The summed E-state index contributed by atoms with van der Waals surface area (Å²) >= 11 is 17.8. The molecule has 0 aliphatic carbocycles. The van der Waals surface area contributed by atoms with Crippen LogP contribution >= 0.6 is 35.4 Å². The van der Waals surface area contributed by atoms with Crippen LogP contribution in [0.4, 0.5) is 5.69 Å². The first kappa shape index (κ1) is 35.5. The van der Waals surface area contributed by atoms with Crippen LogP contribution in [0.25, 0.3) is 0 Å². The molecule has 0 bridgehead atoms. The molecule has 3 aromatic carbocycles. The number of nitrogens with zero attached hydrogens (tertiary/aromatic N) is 2. The van der Waals surface area contributed by atoms with Crippen LogP contribution in [0.15, 0.2) is 77.0 Å². The van der Waals surface area contributed by atoms with Gasteiger partial charge in [-0.3, -0.25) is 4.79 Å². The van der Waals surface area contributed by atoms with Crippen molar-refractivity contribution in [3.63, 3.8) is 0 Å². The first-order chi connectivity index (χ1) is 22.6. The van der Waals surface area contributed by atoms with Gasteiger partial charge in [0.1, 0.15) is 18.1 Å². The number of halogens is 2. The van der Waals surface area contributed by atoms with E-state index in [0.717, 1.165) is 24.3 Å². The maximum atomic E-state index is 12.8. The highest BCUT2D eigenvalue weighted by molar-refractivity contribution is 7.80. The van der Waals surface area contributed by atoms with Crippen molar-refractivity contribution in [3.05, 3.63) is 98.7 Å². The van der Waals surface area contributed by atoms with Gasteiger partial charge in [0, 0.05) is 57.3 Å². The highest BCUT2D eigenvalue weighted by Gasteiger charge is 2.32. The summed E-state index contributed by atoms with van der Waals surface area (Å²) in [7, 11) is 0. The molecule has 1 amide bonds. The van der Waals surface area contributed by atoms with E-state index < -0.39 is 17.9 Å². The second-order valence-corrected chi connectivity index (χ2v) is 11.6. The number of carbonyl (C=O) groups excluding carboxylic acids is 2. The van der Waals surface area contributed by atoms with Crippen molar-refractivity contribution in [1.82, 2.24) is 16.1 Å². The van der Waals surface area contributed by atoms with E-state index in [2.05, 4.69) is 39.9 Å². The van der Waals surface area contributed by atoms with Gasteiger partial charge in [-0.15, -0.1) is 0 Å². The summed E-state index contributed by atoms with van der Waals surface area (Å²) in [6, 6.07) is 17.5. The maximum absolute atomic E-state index is 12.8. The number of nitrogens with one attached hydrogen (secondary N) is 3. The van der Waals surface area contributed by atoms with Crippen LogP contribution in [0.2, 0.25) is 10.0 Å². The van der Waals surface area contributed by atoms with Gasteiger partial charge in [0.2, 0.25) is 0 Å². The minimum absolute atomic E-state index is 0.210. The molecule has 13 heteroatoms. The first-order valence-electron chi connectivity index (χ1n) is 15.1. The first-order valence-corrected chi connectivity index (χ1v) is 16.3. The monoisotopic (exact) mass is 697 g/mol. The Hall–Kier alpha value is -4.32. The molecular weight excluding hydrogens is 661 g/mol. The molecule has 0 saturated heterocycles. The van der Waals surface area contributed by atoms with Crippen LogP contribution in [-0.2, 0) is 20.9 Å². The summed E-state index contributed by atoms with van der Waals surface area (Å²) in [6.07, 6.45) is 1.51. The molecule has 0 unspecified atom stereocenters. The molecule has 0 spiro atoms. The Labute approximate surface area is 290 Å². The minimum atomic E-state index is -0.638. The number of rotatable bonds is 14. The quantitative estimate of drug-likeness (QED) is 0.0773. The molecule has 4 rings (SSSR count). The number of hydrazone groups is 1. The molecule has 10 nitrogen and oxygen atoms in total. The van der Waals surface area contributed by atoms with Crippen LogP contribution in [0.5, 0.6) is 11.5 Å². The van der Waals surface area contributed by atoms with E-state index in [9.17, 15) is 9.59 Å². The molecule has 1 atom stereocenters. The molecule has 0 saturated carbocycles. The van der Waals surface area contributed by atoms with E-state index in [1.165, 1.54) is 6.21 Å². The summed E-state index contributed by atoms with van der Waals surface area (Å²) in [5.41, 5.74) is 6.48. The molecule has 1 aliphatic heterocycles. The number of ether oxygens (including phenoxy) is 3. The van der Waals surface area contributed by atoms with Crippen molar-refractivity contribution in [1.29, 1.82) is 0 Å². The van der Waals surface area contributed by atoms with Gasteiger partial charge in [0.15, 0.2) is 11.7 Å². The second-order valence-electron chi connectivity index (χ2n) is 10.3. The second kappa shape index (κ2) is 17.0. The summed E-state index contributed by atoms with van der Waals surface area (Å²) in [6.45, 7) is 9.40. The molecule has 0 radical (unpaired) electrons. The number of amides is 1. The molecule has 1 heterocycles. The van der Waals surface area contributed by atoms with Crippen LogP contribution in [0.3, 0.4) is 0 Å². The Kier molecular flexibility index (Phi) is 12.9. The van der Waals surface area contributed by atoms with E-state index in [1.54, 1.807) is 44.2 Å². The Balaban J connectivity index is 1.46. The normalized spacial score (nSPS) is 14.3. The molecule has 3 N–H and O–H groups in total. The maximum Gasteiger partial charge on any atom is 0.338 e. The Morgan fingerprint density at radius 2 is 1.79 bits per heavy atom. The average molecular weight is 699 g/mol. The molecule has 47 heavy (non-hydrogen) atoms. The lowest BCUT2D eigenvalue weighted by atomic mass is 9.95. The van der Waals surface area contributed by atoms with E-state index in [4.69, 9.17) is 49.6 Å². The van der Waals surface area contributed by atoms with Gasteiger partial charge in [-0.2, -0.15) is 5.10 Å². The third kappa shape index (κ3) is 9.37. The number of anilines is 1. The molecule has 0 fully saturated rings. The van der Waals surface area contributed by atoms with Crippen LogP contribution in [0.1, 0.15) is 50.4 Å². The zero-order valence-electron chi connectivity index (χ0n) is 26.6. The van der Waals surface area contributed by atoms with Gasteiger partial charge in [0.05, 0.1) is 24.4 Å². The largest absolute Gasteiger partial charge is 0.488 e. The van der Waals surface area contributed by atoms with Crippen molar-refractivity contribution >= 4 is 64.3 Å². The van der Waals surface area contributed by atoms with E-state index in [0.29, 0.717) is 49.1 Å². The summed E-state index contributed by atoms with van der Waals surface area (Å²) in [5, 5.41) is 11.6. The number of para-hydroxylation sites is 1. The van der Waals surface area contributed by atoms with Crippen molar-refractivity contribution in [2.45, 2.75) is 40.3 Å². The lowest BCUT2D eigenvalue weighted by Crippen LogP contribution is -2.45. The zero-order chi connectivity index (χ0) is 33.9. The van der Waals surface area contributed by atoms with Gasteiger partial charge >= 0.3 is 5.97 Å². The summed E-state index contributed by atoms with van der Waals surface area (Å²) in [4.78, 5) is 27.8. The standard InChI is InChI=1S/C34H37Cl2N5O5S/c1-5-41(6-2)25-15-13-22(29(17-25)45-19-23-12-14-24(35)16-27(23)36)18-37-40-30(42)20-46-28-11-9-8-10-26(28)32-31(33(43)44-7-3)21(4)38-34(47)39-32/h8-18,32H,5-7,19-20H2,1-4H3,(H,40,42)(H2,38,39,47)/t32-/m1/s1. The molecular formula is C34H37Cl2N5O5S. The van der Waals surface area contributed by atoms with Crippen molar-refractivity contribution in [2.75, 3.05) is 31.2 Å². The van der Waals surface area contributed by atoms with Crippen LogP contribution < -0.4 is 30.4 Å². The van der Waals surface area contributed by atoms with E-state index in [-0.39, 0.29) is 19.8 Å². The summed E-state index contributed by atoms with van der Waals surface area (Å²) in [5.74, 6) is -0.00909. The molecule has 248 valence electrons. The fourth-order valence-electron chi connectivity index (χ4n) is 4.94. The minimum Gasteiger partial charge on any atom is -0.488 e. The Bertz CT molecular complexity index is 1680. The molecule has 0 aromatic heterocycles. The SMILES string of the molecule is CCOC(=O)C1=C(C)NC(=S)N[C@@H]1c1ccccc1OCC(=O)NN=Cc1ccc(N(CC)CC)cc1OCc1ccc(Cl)cc1Cl. The third-order valence-corrected chi connectivity index (χ3v) is 8.08. The number of hydrogen-bond donors (Lipinski definition) is 3. The zero-order valence-corrected chi connectivity index (χ0v) is 28.9. The molecule has 3 aromatic rings. The van der Waals surface area contributed by atoms with Gasteiger partial charge in [-0.1, -0.05) is 47.5 Å². The average Bonchev–Trinajstić information content (AvgIpc) is 3.04. The number of hydrogen-bond acceptors (Lipinski definition) is 8.